The number of fused-ring (bicyclic) bond motifs is 2. The maximum Gasteiger partial charge on any atom is 0.327 e. The molecule has 166 valence electrons. The van der Waals surface area contributed by atoms with E-state index in [1.165, 1.54) is 23.2 Å². The third-order valence-corrected chi connectivity index (χ3v) is 6.00. The van der Waals surface area contributed by atoms with E-state index in [-0.39, 0.29) is 42.0 Å². The summed E-state index contributed by atoms with van der Waals surface area (Å²) in [5, 5.41) is 13.5. The first kappa shape index (κ1) is 21.9. The number of rotatable bonds is 6. The average molecular weight is 459 g/mol. The van der Waals surface area contributed by atoms with Crippen LogP contribution in [0, 0.1) is 5.82 Å². The number of hydrogen-bond donors (Lipinski definition) is 4. The van der Waals surface area contributed by atoms with Crippen LogP contribution >= 0.6 is 7.60 Å². The number of hydrogen-bond acceptors (Lipinski definition) is 5. The van der Waals surface area contributed by atoms with E-state index in [0.29, 0.717) is 16.5 Å². The number of benzene rings is 2. The molecule has 4 N–H and O–H groups in total. The zero-order valence-electron chi connectivity index (χ0n) is 16.7. The van der Waals surface area contributed by atoms with Crippen LogP contribution in [0.25, 0.3) is 10.9 Å². The molecule has 1 aliphatic heterocycles. The SMILES string of the molecule is O=C(NCCP(=O)(O)O)c1c2c(c(O)c3ncccc13)C(=O)N(Cc1ccc(F)cc1)C2. The van der Waals surface area contributed by atoms with Gasteiger partial charge in [-0.05, 0) is 23.8 Å². The summed E-state index contributed by atoms with van der Waals surface area (Å²) in [5.41, 5.74) is 1.11. The van der Waals surface area contributed by atoms with Crippen molar-refractivity contribution < 1.29 is 33.4 Å². The Kier molecular flexibility index (Phi) is 5.68. The Morgan fingerprint density at radius 1 is 1.22 bits per heavy atom. The number of amides is 2. The highest BCUT2D eigenvalue weighted by atomic mass is 31.2. The minimum Gasteiger partial charge on any atom is -0.505 e. The zero-order valence-corrected chi connectivity index (χ0v) is 17.6. The van der Waals surface area contributed by atoms with E-state index in [4.69, 9.17) is 9.79 Å². The van der Waals surface area contributed by atoms with E-state index in [9.17, 15) is 23.7 Å². The van der Waals surface area contributed by atoms with Gasteiger partial charge >= 0.3 is 7.60 Å². The maximum atomic E-state index is 13.2. The third kappa shape index (κ3) is 4.20. The molecule has 11 heteroatoms. The van der Waals surface area contributed by atoms with E-state index >= 15 is 0 Å². The Balaban J connectivity index is 1.73. The maximum absolute atomic E-state index is 13.2. The van der Waals surface area contributed by atoms with Gasteiger partial charge in [0.2, 0.25) is 0 Å². The molecule has 4 rings (SSSR count). The Morgan fingerprint density at radius 2 is 1.94 bits per heavy atom. The number of carbonyl (C=O) groups is 2. The van der Waals surface area contributed by atoms with E-state index in [2.05, 4.69) is 10.3 Å². The van der Waals surface area contributed by atoms with Gasteiger partial charge in [0.05, 0.1) is 17.3 Å². The van der Waals surface area contributed by atoms with Gasteiger partial charge in [0.25, 0.3) is 11.8 Å². The molecule has 3 aromatic rings. The normalized spacial score (nSPS) is 13.5. The molecule has 32 heavy (non-hydrogen) atoms. The average Bonchev–Trinajstić information content (AvgIpc) is 3.05. The first-order valence-corrected chi connectivity index (χ1v) is 11.4. The predicted octanol–water partition coefficient (Wildman–Crippen LogP) is 2.14. The molecular weight excluding hydrogens is 440 g/mol. The number of nitrogens with one attached hydrogen (secondary N) is 1. The first-order chi connectivity index (χ1) is 15.2. The molecule has 0 saturated carbocycles. The van der Waals surface area contributed by atoms with Crippen LogP contribution in [0.3, 0.4) is 0 Å². The zero-order chi connectivity index (χ0) is 23.0. The molecule has 0 unspecified atom stereocenters. The molecule has 9 nitrogen and oxygen atoms in total. The largest absolute Gasteiger partial charge is 0.505 e. The molecule has 2 heterocycles. The van der Waals surface area contributed by atoms with Gasteiger partial charge in [-0.3, -0.25) is 19.1 Å². The second-order valence-corrected chi connectivity index (χ2v) is 9.19. The number of aromatic nitrogens is 1. The fourth-order valence-electron chi connectivity index (χ4n) is 3.75. The lowest BCUT2D eigenvalue weighted by molar-refractivity contribution is 0.0763. The summed E-state index contributed by atoms with van der Waals surface area (Å²) in [6.45, 7) is -0.116. The molecule has 2 aromatic carbocycles. The Morgan fingerprint density at radius 3 is 2.62 bits per heavy atom. The molecule has 0 saturated heterocycles. The van der Waals surface area contributed by atoms with Crippen molar-refractivity contribution in [2.45, 2.75) is 13.1 Å². The van der Waals surface area contributed by atoms with Crippen LogP contribution in [0.4, 0.5) is 4.39 Å². The van der Waals surface area contributed by atoms with Gasteiger partial charge < -0.3 is 25.1 Å². The third-order valence-electron chi connectivity index (χ3n) is 5.19. The van der Waals surface area contributed by atoms with Crippen molar-refractivity contribution in [3.05, 3.63) is 70.7 Å². The minimum atomic E-state index is -4.30. The number of aromatic hydroxyl groups is 1. The second-order valence-electron chi connectivity index (χ2n) is 7.41. The highest BCUT2D eigenvalue weighted by molar-refractivity contribution is 7.51. The van der Waals surface area contributed by atoms with Gasteiger partial charge in [-0.15, -0.1) is 0 Å². The van der Waals surface area contributed by atoms with E-state index < -0.39 is 31.4 Å². The van der Waals surface area contributed by atoms with Crippen LogP contribution in [0.2, 0.25) is 0 Å². The topological polar surface area (TPSA) is 140 Å². The van der Waals surface area contributed by atoms with Crippen LogP contribution in [-0.2, 0) is 17.7 Å². The molecule has 0 fully saturated rings. The van der Waals surface area contributed by atoms with E-state index in [1.54, 1.807) is 24.3 Å². The standard InChI is InChI=1S/C21H19FN3O6P/c22-13-5-3-12(4-6-13)10-25-11-15-16(20(27)24-8-9-32(29,30)31)14-2-1-7-23-18(14)19(26)17(15)21(25)28/h1-7,26H,8-11H2,(H,24,27)(H2,29,30,31). The van der Waals surface area contributed by atoms with Crippen molar-refractivity contribution in [2.24, 2.45) is 0 Å². The lowest BCUT2D eigenvalue weighted by atomic mass is 9.96. The second kappa shape index (κ2) is 8.31. The van der Waals surface area contributed by atoms with Crippen LogP contribution in [0.5, 0.6) is 5.75 Å². The fourth-order valence-corrected chi connectivity index (χ4v) is 4.16. The van der Waals surface area contributed by atoms with E-state index in [0.717, 1.165) is 0 Å². The molecule has 0 aliphatic carbocycles. The fraction of sp³-hybridized carbons (Fsp3) is 0.190. The lowest BCUT2D eigenvalue weighted by Crippen LogP contribution is -2.28. The quantitative estimate of drug-likeness (QED) is 0.414. The highest BCUT2D eigenvalue weighted by Crippen LogP contribution is 2.40. The molecule has 1 aromatic heterocycles. The Labute approximate surface area is 181 Å². The summed E-state index contributed by atoms with van der Waals surface area (Å²) in [4.78, 5) is 49.7. The van der Waals surface area contributed by atoms with Crippen molar-refractivity contribution in [2.75, 3.05) is 12.7 Å². The molecule has 0 radical (unpaired) electrons. The van der Waals surface area contributed by atoms with Crippen LogP contribution < -0.4 is 5.32 Å². The summed E-state index contributed by atoms with van der Waals surface area (Å²) in [7, 11) is -4.30. The number of phenols is 1. The smallest absolute Gasteiger partial charge is 0.327 e. The van der Waals surface area contributed by atoms with Gasteiger partial charge in [-0.25, -0.2) is 4.39 Å². The monoisotopic (exact) mass is 459 g/mol. The summed E-state index contributed by atoms with van der Waals surface area (Å²) in [6.07, 6.45) is 0.879. The molecule has 0 atom stereocenters. The minimum absolute atomic E-state index is 0.0190. The van der Waals surface area contributed by atoms with Crippen molar-refractivity contribution >= 4 is 30.3 Å². The van der Waals surface area contributed by atoms with Crippen molar-refractivity contribution in [1.82, 2.24) is 15.2 Å². The number of halogens is 1. The van der Waals surface area contributed by atoms with Gasteiger partial charge in [-0.2, -0.15) is 0 Å². The summed E-state index contributed by atoms with van der Waals surface area (Å²) >= 11 is 0. The summed E-state index contributed by atoms with van der Waals surface area (Å²) < 4.78 is 24.3. The molecule has 2 amide bonds. The Bertz CT molecular complexity index is 1270. The number of carbonyl (C=O) groups excluding carboxylic acids is 2. The van der Waals surface area contributed by atoms with Gasteiger partial charge in [0.15, 0.2) is 5.75 Å². The van der Waals surface area contributed by atoms with Gasteiger partial charge in [0, 0.05) is 36.8 Å². The van der Waals surface area contributed by atoms with Gasteiger partial charge in [0.1, 0.15) is 11.3 Å². The van der Waals surface area contributed by atoms with Crippen LogP contribution in [0.15, 0.2) is 42.6 Å². The summed E-state index contributed by atoms with van der Waals surface area (Å²) in [6, 6.07) is 8.79. The van der Waals surface area contributed by atoms with Crippen molar-refractivity contribution in [3.63, 3.8) is 0 Å². The van der Waals surface area contributed by atoms with Crippen molar-refractivity contribution in [3.8, 4) is 5.75 Å². The summed E-state index contributed by atoms with van der Waals surface area (Å²) in [5.74, 6) is -1.88. The van der Waals surface area contributed by atoms with E-state index in [1.807, 2.05) is 0 Å². The lowest BCUT2D eigenvalue weighted by Gasteiger charge is -2.16. The van der Waals surface area contributed by atoms with Crippen LogP contribution in [0.1, 0.15) is 31.8 Å². The van der Waals surface area contributed by atoms with Gasteiger partial charge in [-0.1, -0.05) is 18.2 Å². The molecular formula is C21H19FN3O6P. The highest BCUT2D eigenvalue weighted by Gasteiger charge is 2.36. The van der Waals surface area contributed by atoms with Crippen LogP contribution in [-0.4, -0.2) is 49.3 Å². The first-order valence-electron chi connectivity index (χ1n) is 9.64. The number of phenolic OH excluding ortho intramolecular Hbond substituents is 1. The molecule has 0 bridgehead atoms. The molecule has 0 spiro atoms. The Hall–Kier alpha value is -3.33. The van der Waals surface area contributed by atoms with Crippen molar-refractivity contribution in [1.29, 1.82) is 0 Å². The predicted molar refractivity (Wildman–Crippen MR) is 113 cm³/mol. The number of nitrogens with zero attached hydrogens (tertiary/aromatic N) is 2. The molecule has 1 aliphatic rings. The number of pyridine rings is 1.